The molecule has 1 saturated carbocycles. The van der Waals surface area contributed by atoms with Crippen molar-refractivity contribution in [2.45, 2.75) is 32.0 Å². The van der Waals surface area contributed by atoms with Gasteiger partial charge < -0.3 is 4.74 Å². The van der Waals surface area contributed by atoms with E-state index >= 15 is 0 Å². The molecule has 1 aliphatic rings. The van der Waals surface area contributed by atoms with Gasteiger partial charge in [0.1, 0.15) is 0 Å². The topological polar surface area (TPSA) is 35.0 Å². The van der Waals surface area contributed by atoms with Crippen LogP contribution < -0.4 is 0 Å². The van der Waals surface area contributed by atoms with Crippen molar-refractivity contribution in [3.05, 3.63) is 23.0 Å². The largest absolute Gasteiger partial charge is 0.372 e. The molecule has 0 radical (unpaired) electrons. The van der Waals surface area contributed by atoms with Crippen molar-refractivity contribution in [2.75, 3.05) is 0 Å². The fourth-order valence-electron chi connectivity index (χ4n) is 1.16. The molecule has 1 aliphatic carbocycles. The van der Waals surface area contributed by atoms with Crippen LogP contribution in [0.4, 0.5) is 0 Å². The molecule has 0 aromatic carbocycles. The van der Waals surface area contributed by atoms with Crippen molar-refractivity contribution in [1.82, 2.24) is 10.2 Å². The molecule has 3 nitrogen and oxygen atoms in total. The first-order chi connectivity index (χ1) is 6.34. The van der Waals surface area contributed by atoms with E-state index in [4.69, 9.17) is 16.3 Å². The van der Waals surface area contributed by atoms with E-state index in [1.54, 1.807) is 6.07 Å². The third-order valence-electron chi connectivity index (χ3n) is 2.21. The summed E-state index contributed by atoms with van der Waals surface area (Å²) in [6.07, 6.45) is 4.09. The van der Waals surface area contributed by atoms with E-state index in [1.165, 1.54) is 19.3 Å². The second kappa shape index (κ2) is 4.03. The minimum absolute atomic E-state index is 0.424. The second-order valence-electron chi connectivity index (χ2n) is 3.21. The first-order valence-electron chi connectivity index (χ1n) is 4.44. The Morgan fingerprint density at radius 2 is 2.23 bits per heavy atom. The predicted molar refractivity (Wildman–Crippen MR) is 49.5 cm³/mol. The third-order valence-corrected chi connectivity index (χ3v) is 2.41. The molecule has 13 heavy (non-hydrogen) atoms. The molecule has 0 spiro atoms. The van der Waals surface area contributed by atoms with Crippen LogP contribution in [0, 0.1) is 0 Å². The predicted octanol–water partition coefficient (Wildman–Crippen LogP) is 2.20. The smallest absolute Gasteiger partial charge is 0.151 e. The summed E-state index contributed by atoms with van der Waals surface area (Å²) >= 11 is 5.60. The summed E-state index contributed by atoms with van der Waals surface area (Å²) in [4.78, 5) is 0. The van der Waals surface area contributed by atoms with Crippen molar-refractivity contribution < 1.29 is 4.74 Å². The Morgan fingerprint density at radius 3 is 2.77 bits per heavy atom. The summed E-state index contributed by atoms with van der Waals surface area (Å²) in [5.74, 6) is 0. The molecule has 1 heterocycles. The molecule has 0 atom stereocenters. The maximum atomic E-state index is 5.60. The zero-order chi connectivity index (χ0) is 9.10. The zero-order valence-electron chi connectivity index (χ0n) is 7.24. The molecule has 1 aromatic heterocycles. The number of rotatable bonds is 3. The van der Waals surface area contributed by atoms with Crippen LogP contribution in [-0.2, 0) is 11.3 Å². The van der Waals surface area contributed by atoms with Crippen LogP contribution in [0.1, 0.15) is 25.0 Å². The minimum atomic E-state index is 0.424. The van der Waals surface area contributed by atoms with Gasteiger partial charge in [-0.2, -0.15) is 5.10 Å². The first-order valence-corrected chi connectivity index (χ1v) is 4.82. The Kier molecular flexibility index (Phi) is 2.76. The van der Waals surface area contributed by atoms with Gasteiger partial charge in [0, 0.05) is 0 Å². The van der Waals surface area contributed by atoms with Gasteiger partial charge in [-0.1, -0.05) is 11.6 Å². The van der Waals surface area contributed by atoms with Crippen LogP contribution in [-0.4, -0.2) is 16.3 Å². The fraction of sp³-hybridized carbons (Fsp3) is 0.556. The number of halogens is 1. The van der Waals surface area contributed by atoms with Gasteiger partial charge in [-0.25, -0.2) is 0 Å². The summed E-state index contributed by atoms with van der Waals surface area (Å²) in [5.41, 5.74) is 0.844. The molecular formula is C9H11ClN2O. The van der Waals surface area contributed by atoms with E-state index < -0.39 is 0 Å². The average Bonchev–Trinajstić information content (AvgIpc) is 2.05. The summed E-state index contributed by atoms with van der Waals surface area (Å²) < 4.78 is 5.56. The number of ether oxygens (including phenoxy) is 1. The van der Waals surface area contributed by atoms with Gasteiger partial charge in [-0.3, -0.25) is 0 Å². The van der Waals surface area contributed by atoms with Crippen molar-refractivity contribution in [1.29, 1.82) is 0 Å². The molecule has 0 N–H and O–H groups in total. The van der Waals surface area contributed by atoms with Crippen molar-refractivity contribution in [3.8, 4) is 0 Å². The van der Waals surface area contributed by atoms with E-state index in [-0.39, 0.29) is 0 Å². The SMILES string of the molecule is Clc1ccc(COC2CCC2)nn1. The molecule has 70 valence electrons. The van der Waals surface area contributed by atoms with E-state index in [1.807, 2.05) is 6.07 Å². The van der Waals surface area contributed by atoms with Gasteiger partial charge in [0.2, 0.25) is 0 Å². The van der Waals surface area contributed by atoms with E-state index in [0.717, 1.165) is 5.69 Å². The Morgan fingerprint density at radius 1 is 1.38 bits per heavy atom. The normalized spacial score (nSPS) is 17.0. The number of aromatic nitrogens is 2. The Labute approximate surface area is 82.1 Å². The molecule has 0 bridgehead atoms. The Hall–Kier alpha value is -0.670. The Balaban J connectivity index is 1.83. The summed E-state index contributed by atoms with van der Waals surface area (Å²) in [5, 5.41) is 8.06. The van der Waals surface area contributed by atoms with Gasteiger partial charge in [0.05, 0.1) is 18.4 Å². The van der Waals surface area contributed by atoms with Crippen LogP contribution in [0.25, 0.3) is 0 Å². The summed E-state index contributed by atoms with van der Waals surface area (Å²) in [7, 11) is 0. The molecule has 4 heteroatoms. The molecule has 0 amide bonds. The minimum Gasteiger partial charge on any atom is -0.372 e. The van der Waals surface area contributed by atoms with E-state index in [2.05, 4.69) is 10.2 Å². The van der Waals surface area contributed by atoms with Crippen molar-refractivity contribution in [3.63, 3.8) is 0 Å². The lowest BCUT2D eigenvalue weighted by atomic mass is 9.96. The molecule has 1 aromatic rings. The van der Waals surface area contributed by atoms with Crippen molar-refractivity contribution >= 4 is 11.6 Å². The van der Waals surface area contributed by atoms with Crippen LogP contribution in [0.15, 0.2) is 12.1 Å². The lowest BCUT2D eigenvalue weighted by Crippen LogP contribution is -2.21. The highest BCUT2D eigenvalue weighted by Crippen LogP contribution is 2.22. The number of nitrogens with zero attached hydrogens (tertiary/aromatic N) is 2. The highest BCUT2D eigenvalue weighted by atomic mass is 35.5. The van der Waals surface area contributed by atoms with E-state index in [9.17, 15) is 0 Å². The molecule has 2 rings (SSSR count). The van der Waals surface area contributed by atoms with Gasteiger partial charge in [-0.05, 0) is 31.4 Å². The molecule has 0 aliphatic heterocycles. The standard InChI is InChI=1S/C9H11ClN2O/c10-9-5-4-7(11-12-9)6-13-8-2-1-3-8/h4-5,8H,1-3,6H2. The van der Waals surface area contributed by atoms with Crippen LogP contribution in [0.3, 0.4) is 0 Å². The van der Waals surface area contributed by atoms with Gasteiger partial charge in [0.25, 0.3) is 0 Å². The summed E-state index contributed by atoms with van der Waals surface area (Å²) in [6, 6.07) is 3.57. The second-order valence-corrected chi connectivity index (χ2v) is 3.60. The average molecular weight is 199 g/mol. The number of hydrogen-bond donors (Lipinski definition) is 0. The highest BCUT2D eigenvalue weighted by Gasteiger charge is 2.17. The lowest BCUT2D eigenvalue weighted by Gasteiger charge is -2.25. The molecule has 1 fully saturated rings. The fourth-order valence-corrected chi connectivity index (χ4v) is 1.26. The van der Waals surface area contributed by atoms with Crippen LogP contribution in [0.5, 0.6) is 0 Å². The van der Waals surface area contributed by atoms with E-state index in [0.29, 0.717) is 17.9 Å². The van der Waals surface area contributed by atoms with Crippen LogP contribution >= 0.6 is 11.6 Å². The maximum Gasteiger partial charge on any atom is 0.151 e. The first kappa shape index (κ1) is 8.91. The third kappa shape index (κ3) is 2.39. The maximum absolute atomic E-state index is 5.60. The summed E-state index contributed by atoms with van der Waals surface area (Å²) in [6.45, 7) is 0.550. The highest BCUT2D eigenvalue weighted by molar-refractivity contribution is 6.29. The van der Waals surface area contributed by atoms with Gasteiger partial charge in [0.15, 0.2) is 5.15 Å². The quantitative estimate of drug-likeness (QED) is 0.747. The molecule has 0 saturated heterocycles. The van der Waals surface area contributed by atoms with Gasteiger partial charge >= 0.3 is 0 Å². The molecular weight excluding hydrogens is 188 g/mol. The van der Waals surface area contributed by atoms with Gasteiger partial charge in [-0.15, -0.1) is 5.10 Å². The Bertz CT molecular complexity index is 271. The molecule has 0 unspecified atom stereocenters. The van der Waals surface area contributed by atoms with Crippen molar-refractivity contribution in [2.24, 2.45) is 0 Å². The van der Waals surface area contributed by atoms with Crippen LogP contribution in [0.2, 0.25) is 5.15 Å². The number of hydrogen-bond acceptors (Lipinski definition) is 3. The zero-order valence-corrected chi connectivity index (χ0v) is 8.00. The lowest BCUT2D eigenvalue weighted by molar-refractivity contribution is -0.0104. The monoisotopic (exact) mass is 198 g/mol.